The van der Waals surface area contributed by atoms with Crippen LogP contribution in [0.1, 0.15) is 11.1 Å². The second-order valence-electron chi connectivity index (χ2n) is 5.67. The molecule has 0 fully saturated rings. The zero-order valence-electron chi connectivity index (χ0n) is 13.9. The van der Waals surface area contributed by atoms with Gasteiger partial charge in [0.05, 0.1) is 12.9 Å². The largest absolute Gasteiger partial charge is 0.464 e. The highest BCUT2D eigenvalue weighted by atomic mass is 32.2. The predicted octanol–water partition coefficient (Wildman–Crippen LogP) is 5.11. The molecule has 0 spiro atoms. The molecule has 3 aromatic rings. The molecule has 2 heterocycles. The summed E-state index contributed by atoms with van der Waals surface area (Å²) in [5.41, 5.74) is 3.20. The van der Waals surface area contributed by atoms with Gasteiger partial charge in [-0.3, -0.25) is 0 Å². The number of fused-ring (bicyclic) bond motifs is 1. The van der Waals surface area contributed by atoms with Gasteiger partial charge in [0, 0.05) is 34.4 Å². The molecule has 1 aromatic heterocycles. The van der Waals surface area contributed by atoms with Crippen LogP contribution >= 0.6 is 11.8 Å². The Balaban J connectivity index is 1.65. The average molecular weight is 354 g/mol. The van der Waals surface area contributed by atoms with Gasteiger partial charge < -0.3 is 18.6 Å². The third-order valence-corrected chi connectivity index (χ3v) is 5.08. The van der Waals surface area contributed by atoms with Gasteiger partial charge in [0.15, 0.2) is 11.5 Å². The van der Waals surface area contributed by atoms with Crippen molar-refractivity contribution >= 4 is 11.8 Å². The van der Waals surface area contributed by atoms with Crippen LogP contribution < -0.4 is 9.47 Å². The minimum atomic E-state index is 0.266. The van der Waals surface area contributed by atoms with Crippen LogP contribution in [0.25, 0.3) is 11.3 Å². The van der Waals surface area contributed by atoms with E-state index in [-0.39, 0.29) is 6.79 Å². The van der Waals surface area contributed by atoms with Crippen LogP contribution in [-0.4, -0.2) is 13.9 Å². The van der Waals surface area contributed by atoms with E-state index in [0.717, 1.165) is 39.7 Å². The molecule has 0 saturated heterocycles. The number of hydrogen-bond donors (Lipinski definition) is 0. The van der Waals surface area contributed by atoms with Crippen molar-refractivity contribution in [3.05, 3.63) is 65.9 Å². The molecule has 25 heavy (non-hydrogen) atoms. The molecule has 4 rings (SSSR count). The fourth-order valence-corrected chi connectivity index (χ4v) is 3.78. The third kappa shape index (κ3) is 3.38. The smallest absolute Gasteiger partial charge is 0.231 e. The first kappa shape index (κ1) is 16.1. The van der Waals surface area contributed by atoms with Crippen molar-refractivity contribution in [2.24, 2.45) is 0 Å². The minimum absolute atomic E-state index is 0.266. The van der Waals surface area contributed by atoms with Crippen LogP contribution in [0, 0.1) is 0 Å². The fourth-order valence-electron chi connectivity index (χ4n) is 2.81. The maximum atomic E-state index is 5.89. The number of thioether (sulfide) groups is 1. The Kier molecular flexibility index (Phi) is 4.68. The summed E-state index contributed by atoms with van der Waals surface area (Å²) in [7, 11) is 1.70. The summed E-state index contributed by atoms with van der Waals surface area (Å²) >= 11 is 1.78. The quantitative estimate of drug-likeness (QED) is 0.575. The molecule has 0 atom stereocenters. The minimum Gasteiger partial charge on any atom is -0.464 e. The van der Waals surface area contributed by atoms with Gasteiger partial charge in [0.1, 0.15) is 5.76 Å². The van der Waals surface area contributed by atoms with Crippen LogP contribution in [0.4, 0.5) is 0 Å². The summed E-state index contributed by atoms with van der Waals surface area (Å²) in [6, 6.07) is 16.2. The van der Waals surface area contributed by atoms with Gasteiger partial charge in [0.2, 0.25) is 6.79 Å². The SMILES string of the molecule is COCc1coc(-c2ccc3c(c2)OCO3)c1CSc1ccccc1. The zero-order valence-corrected chi connectivity index (χ0v) is 14.7. The molecule has 0 unspecified atom stereocenters. The second-order valence-corrected chi connectivity index (χ2v) is 6.72. The van der Waals surface area contributed by atoms with Crippen molar-refractivity contribution in [3.8, 4) is 22.8 Å². The van der Waals surface area contributed by atoms with E-state index in [9.17, 15) is 0 Å². The second kappa shape index (κ2) is 7.25. The van der Waals surface area contributed by atoms with Gasteiger partial charge >= 0.3 is 0 Å². The van der Waals surface area contributed by atoms with Gasteiger partial charge in [0.25, 0.3) is 0 Å². The lowest BCUT2D eigenvalue weighted by molar-refractivity contribution is 0.174. The first-order valence-corrected chi connectivity index (χ1v) is 9.00. The van der Waals surface area contributed by atoms with Crippen molar-refractivity contribution in [2.45, 2.75) is 17.3 Å². The Bertz CT molecular complexity index is 857. The lowest BCUT2D eigenvalue weighted by Crippen LogP contribution is -1.93. The van der Waals surface area contributed by atoms with E-state index in [4.69, 9.17) is 18.6 Å². The molecule has 1 aliphatic heterocycles. The molecule has 0 aliphatic carbocycles. The number of methoxy groups -OCH3 is 1. The molecule has 0 saturated carbocycles. The summed E-state index contributed by atoms with van der Waals surface area (Å²) in [6.45, 7) is 0.793. The molecule has 0 radical (unpaired) electrons. The van der Waals surface area contributed by atoms with Crippen LogP contribution in [-0.2, 0) is 17.1 Å². The Hall–Kier alpha value is -2.37. The third-order valence-electron chi connectivity index (χ3n) is 4.04. The summed E-state index contributed by atoms with van der Waals surface area (Å²) < 4.78 is 22.1. The van der Waals surface area contributed by atoms with Gasteiger partial charge in [-0.1, -0.05) is 18.2 Å². The van der Waals surface area contributed by atoms with Gasteiger partial charge in [-0.25, -0.2) is 0 Å². The number of hydrogen-bond acceptors (Lipinski definition) is 5. The monoisotopic (exact) mass is 354 g/mol. The van der Waals surface area contributed by atoms with E-state index in [0.29, 0.717) is 6.61 Å². The van der Waals surface area contributed by atoms with Crippen LogP contribution in [0.2, 0.25) is 0 Å². The Morgan fingerprint density at radius 3 is 2.72 bits per heavy atom. The van der Waals surface area contributed by atoms with Gasteiger partial charge in [-0.2, -0.15) is 0 Å². The standard InChI is InChI=1S/C20H18O4S/c1-21-10-15-11-22-20(14-7-8-18-19(9-14)24-13-23-18)17(15)12-25-16-5-3-2-4-6-16/h2-9,11H,10,12-13H2,1H3. The molecule has 1 aliphatic rings. The highest BCUT2D eigenvalue weighted by Crippen LogP contribution is 2.39. The highest BCUT2D eigenvalue weighted by molar-refractivity contribution is 7.98. The molecule has 2 aromatic carbocycles. The molecular weight excluding hydrogens is 336 g/mol. The van der Waals surface area contributed by atoms with Crippen LogP contribution in [0.3, 0.4) is 0 Å². The van der Waals surface area contributed by atoms with E-state index in [1.54, 1.807) is 25.1 Å². The maximum Gasteiger partial charge on any atom is 0.231 e. The van der Waals surface area contributed by atoms with Crippen molar-refractivity contribution in [3.63, 3.8) is 0 Å². The lowest BCUT2D eigenvalue weighted by atomic mass is 10.1. The summed E-state index contributed by atoms with van der Waals surface area (Å²) in [5.74, 6) is 3.19. The van der Waals surface area contributed by atoms with Crippen LogP contribution in [0.15, 0.2) is 64.1 Å². The Labute approximate surface area is 150 Å². The van der Waals surface area contributed by atoms with Crippen molar-refractivity contribution in [1.29, 1.82) is 0 Å². The Morgan fingerprint density at radius 2 is 1.88 bits per heavy atom. The van der Waals surface area contributed by atoms with Gasteiger partial charge in [-0.15, -0.1) is 11.8 Å². The summed E-state index contributed by atoms with van der Waals surface area (Å²) in [5, 5.41) is 0. The van der Waals surface area contributed by atoms with Crippen molar-refractivity contribution < 1.29 is 18.6 Å². The predicted molar refractivity (Wildman–Crippen MR) is 97.0 cm³/mol. The summed E-state index contributed by atoms with van der Waals surface area (Å²) in [4.78, 5) is 1.23. The van der Waals surface area contributed by atoms with Gasteiger partial charge in [-0.05, 0) is 30.3 Å². The van der Waals surface area contributed by atoms with E-state index in [1.807, 2.05) is 36.4 Å². The first-order valence-electron chi connectivity index (χ1n) is 8.01. The molecule has 4 nitrogen and oxygen atoms in total. The van der Waals surface area contributed by atoms with Crippen LogP contribution in [0.5, 0.6) is 11.5 Å². The molecule has 0 N–H and O–H groups in total. The number of ether oxygens (including phenoxy) is 3. The molecule has 0 amide bonds. The zero-order chi connectivity index (χ0) is 17.1. The molecule has 0 bridgehead atoms. The fraction of sp³-hybridized carbons (Fsp3) is 0.200. The maximum absolute atomic E-state index is 5.89. The first-order chi connectivity index (χ1) is 12.3. The van der Waals surface area contributed by atoms with Crippen molar-refractivity contribution in [2.75, 3.05) is 13.9 Å². The van der Waals surface area contributed by atoms with E-state index in [2.05, 4.69) is 12.1 Å². The van der Waals surface area contributed by atoms with E-state index < -0.39 is 0 Å². The average Bonchev–Trinajstić information content (AvgIpc) is 3.27. The topological polar surface area (TPSA) is 40.8 Å². The molecule has 5 heteroatoms. The normalized spacial score (nSPS) is 12.5. The van der Waals surface area contributed by atoms with Crippen molar-refractivity contribution in [1.82, 2.24) is 0 Å². The number of rotatable bonds is 6. The number of benzene rings is 2. The highest BCUT2D eigenvalue weighted by Gasteiger charge is 2.19. The lowest BCUT2D eigenvalue weighted by Gasteiger charge is -2.07. The van der Waals surface area contributed by atoms with E-state index >= 15 is 0 Å². The number of furan rings is 1. The molecular formula is C20H18O4S. The Morgan fingerprint density at radius 1 is 1.04 bits per heavy atom. The summed E-state index contributed by atoms with van der Waals surface area (Å²) in [6.07, 6.45) is 1.78. The molecule has 128 valence electrons. The van der Waals surface area contributed by atoms with E-state index in [1.165, 1.54) is 4.90 Å².